The molecule has 0 bridgehead atoms. The fraction of sp³-hybridized carbons (Fsp3) is 0.300. The predicted octanol–water partition coefficient (Wildman–Crippen LogP) is 2.35. The zero-order valence-electron chi connectivity index (χ0n) is 7.77. The van der Waals surface area contributed by atoms with Gasteiger partial charge in [-0.25, -0.2) is 4.98 Å². The van der Waals surface area contributed by atoms with Gasteiger partial charge in [0.05, 0.1) is 10.0 Å². The van der Waals surface area contributed by atoms with Gasteiger partial charge in [0.2, 0.25) is 0 Å². The Morgan fingerprint density at radius 1 is 1.50 bits per heavy atom. The number of hydrogen-bond acceptors (Lipinski definition) is 2. The highest BCUT2D eigenvalue weighted by molar-refractivity contribution is 6.35. The van der Waals surface area contributed by atoms with E-state index in [2.05, 4.69) is 22.1 Å². The molecule has 1 aromatic rings. The number of nitrogens with zero attached hydrogens (tertiary/aromatic N) is 1. The van der Waals surface area contributed by atoms with Crippen LogP contribution >= 0.6 is 23.2 Å². The fourth-order valence-electron chi connectivity index (χ4n) is 0.840. The summed E-state index contributed by atoms with van der Waals surface area (Å²) >= 11 is 11.6. The summed E-state index contributed by atoms with van der Waals surface area (Å²) in [6.07, 6.45) is 2.31. The van der Waals surface area contributed by atoms with Gasteiger partial charge in [-0.1, -0.05) is 29.1 Å². The first-order valence-corrected chi connectivity index (χ1v) is 4.94. The highest BCUT2D eigenvalue weighted by atomic mass is 35.5. The van der Waals surface area contributed by atoms with Crippen LogP contribution in [0.25, 0.3) is 0 Å². The summed E-state index contributed by atoms with van der Waals surface area (Å²) in [5, 5.41) is 4.02. The number of rotatable bonds is 2. The van der Waals surface area contributed by atoms with Crippen LogP contribution in [0, 0.1) is 11.8 Å². The van der Waals surface area contributed by atoms with Gasteiger partial charge in [-0.2, -0.15) is 0 Å². The van der Waals surface area contributed by atoms with Crippen molar-refractivity contribution in [1.29, 1.82) is 0 Å². The van der Waals surface area contributed by atoms with Crippen LogP contribution in [0.3, 0.4) is 0 Å². The molecule has 0 fully saturated rings. The van der Waals surface area contributed by atoms with E-state index in [9.17, 15) is 0 Å². The van der Waals surface area contributed by atoms with Crippen molar-refractivity contribution in [3.63, 3.8) is 0 Å². The molecule has 1 heterocycles. The van der Waals surface area contributed by atoms with Crippen LogP contribution in [0.15, 0.2) is 12.3 Å². The molecule has 0 atom stereocenters. The second kappa shape index (κ2) is 5.87. The van der Waals surface area contributed by atoms with Gasteiger partial charge in [-0.15, -0.1) is 0 Å². The van der Waals surface area contributed by atoms with Crippen molar-refractivity contribution in [2.75, 3.05) is 13.6 Å². The fourth-order valence-corrected chi connectivity index (χ4v) is 1.27. The van der Waals surface area contributed by atoms with Crippen molar-refractivity contribution in [3.8, 4) is 11.8 Å². The Morgan fingerprint density at radius 3 is 2.93 bits per heavy atom. The number of nitrogens with one attached hydrogen (secondary N) is 1. The monoisotopic (exact) mass is 228 g/mol. The van der Waals surface area contributed by atoms with E-state index in [4.69, 9.17) is 23.2 Å². The average molecular weight is 229 g/mol. The molecule has 2 nitrogen and oxygen atoms in total. The molecule has 1 N–H and O–H groups in total. The summed E-state index contributed by atoms with van der Waals surface area (Å²) < 4.78 is 0. The van der Waals surface area contributed by atoms with Crippen LogP contribution in [0.1, 0.15) is 12.1 Å². The van der Waals surface area contributed by atoms with Gasteiger partial charge in [-0.05, 0) is 19.0 Å². The Labute approximate surface area is 93.6 Å². The minimum atomic E-state index is 0.495. The van der Waals surface area contributed by atoms with Crippen molar-refractivity contribution in [1.82, 2.24) is 10.3 Å². The molecule has 1 rings (SSSR count). The largest absolute Gasteiger partial charge is 0.319 e. The average Bonchev–Trinajstić information content (AvgIpc) is 2.15. The molecule has 0 unspecified atom stereocenters. The second-order valence-electron chi connectivity index (χ2n) is 2.64. The van der Waals surface area contributed by atoms with E-state index < -0.39 is 0 Å². The molecule has 1 aromatic heterocycles. The Kier molecular flexibility index (Phi) is 4.75. The van der Waals surface area contributed by atoms with Gasteiger partial charge < -0.3 is 5.32 Å². The summed E-state index contributed by atoms with van der Waals surface area (Å²) in [7, 11) is 1.88. The molecule has 0 saturated heterocycles. The van der Waals surface area contributed by atoms with Gasteiger partial charge >= 0.3 is 0 Å². The van der Waals surface area contributed by atoms with E-state index in [0.717, 1.165) is 13.0 Å². The number of hydrogen-bond donors (Lipinski definition) is 1. The molecule has 0 aliphatic heterocycles. The molecule has 74 valence electrons. The molecular formula is C10H10Cl2N2. The van der Waals surface area contributed by atoms with Gasteiger partial charge in [0, 0.05) is 19.2 Å². The lowest BCUT2D eigenvalue weighted by Gasteiger charge is -1.94. The summed E-state index contributed by atoms with van der Waals surface area (Å²) in [5.74, 6) is 5.84. The lowest BCUT2D eigenvalue weighted by Crippen LogP contribution is -2.05. The van der Waals surface area contributed by atoms with Gasteiger partial charge in [0.1, 0.15) is 5.69 Å². The van der Waals surface area contributed by atoms with Crippen LogP contribution < -0.4 is 5.32 Å². The van der Waals surface area contributed by atoms with Crippen LogP contribution in [0.5, 0.6) is 0 Å². The first-order valence-electron chi connectivity index (χ1n) is 4.18. The molecule has 0 aliphatic carbocycles. The Hall–Kier alpha value is -0.750. The SMILES string of the molecule is CNCCC#Cc1ncc(Cl)cc1Cl. The molecule has 14 heavy (non-hydrogen) atoms. The summed E-state index contributed by atoms with van der Waals surface area (Å²) in [6, 6.07) is 1.64. The van der Waals surface area contributed by atoms with Crippen molar-refractivity contribution in [2.45, 2.75) is 6.42 Å². The first-order chi connectivity index (χ1) is 6.74. The van der Waals surface area contributed by atoms with Crippen molar-refractivity contribution >= 4 is 23.2 Å². The van der Waals surface area contributed by atoms with Gasteiger partial charge in [0.25, 0.3) is 0 Å². The molecule has 0 radical (unpaired) electrons. The number of halogens is 2. The normalized spacial score (nSPS) is 9.36. The Morgan fingerprint density at radius 2 is 2.29 bits per heavy atom. The lowest BCUT2D eigenvalue weighted by molar-refractivity contribution is 0.818. The van der Waals surface area contributed by atoms with Crippen LogP contribution in [-0.4, -0.2) is 18.6 Å². The van der Waals surface area contributed by atoms with Gasteiger partial charge in [0.15, 0.2) is 0 Å². The molecule has 0 aliphatic rings. The topological polar surface area (TPSA) is 24.9 Å². The zero-order valence-corrected chi connectivity index (χ0v) is 9.28. The van der Waals surface area contributed by atoms with E-state index in [0.29, 0.717) is 15.7 Å². The van der Waals surface area contributed by atoms with Crippen molar-refractivity contribution in [3.05, 3.63) is 28.0 Å². The number of pyridine rings is 1. The molecule has 4 heteroatoms. The van der Waals surface area contributed by atoms with E-state index in [1.165, 1.54) is 6.20 Å². The predicted molar refractivity (Wildman–Crippen MR) is 59.7 cm³/mol. The summed E-state index contributed by atoms with van der Waals surface area (Å²) in [6.45, 7) is 0.859. The maximum Gasteiger partial charge on any atom is 0.131 e. The molecule has 0 saturated carbocycles. The Balaban J connectivity index is 2.70. The minimum absolute atomic E-state index is 0.495. The van der Waals surface area contributed by atoms with E-state index >= 15 is 0 Å². The highest BCUT2D eigenvalue weighted by Crippen LogP contribution is 2.17. The lowest BCUT2D eigenvalue weighted by atomic mass is 10.3. The van der Waals surface area contributed by atoms with Crippen LogP contribution in [-0.2, 0) is 0 Å². The summed E-state index contributed by atoms with van der Waals surface area (Å²) in [5.41, 5.74) is 0.576. The highest BCUT2D eigenvalue weighted by Gasteiger charge is 1.98. The minimum Gasteiger partial charge on any atom is -0.319 e. The van der Waals surface area contributed by atoms with Crippen molar-refractivity contribution in [2.24, 2.45) is 0 Å². The quantitative estimate of drug-likeness (QED) is 0.622. The third-order valence-electron chi connectivity index (χ3n) is 1.51. The molecular weight excluding hydrogens is 219 g/mol. The van der Waals surface area contributed by atoms with E-state index in [1.54, 1.807) is 6.07 Å². The van der Waals surface area contributed by atoms with Gasteiger partial charge in [-0.3, -0.25) is 0 Å². The van der Waals surface area contributed by atoms with Crippen LogP contribution in [0.2, 0.25) is 10.0 Å². The first kappa shape index (κ1) is 11.3. The van der Waals surface area contributed by atoms with E-state index in [1.807, 2.05) is 7.05 Å². The Bertz CT molecular complexity index is 366. The smallest absolute Gasteiger partial charge is 0.131 e. The summed E-state index contributed by atoms with van der Waals surface area (Å²) in [4.78, 5) is 4.02. The molecule has 0 aromatic carbocycles. The van der Waals surface area contributed by atoms with E-state index in [-0.39, 0.29) is 0 Å². The molecule has 0 amide bonds. The maximum atomic E-state index is 5.88. The zero-order chi connectivity index (χ0) is 10.4. The third-order valence-corrected chi connectivity index (χ3v) is 2.01. The molecule has 0 spiro atoms. The van der Waals surface area contributed by atoms with Crippen molar-refractivity contribution < 1.29 is 0 Å². The number of aromatic nitrogens is 1. The standard InChI is InChI=1S/C10H10Cl2N2/c1-13-5-3-2-4-10-9(12)6-8(11)7-14-10/h6-7,13H,3,5H2,1H3. The maximum absolute atomic E-state index is 5.88. The second-order valence-corrected chi connectivity index (χ2v) is 3.48. The van der Waals surface area contributed by atoms with Crippen LogP contribution in [0.4, 0.5) is 0 Å². The third kappa shape index (κ3) is 3.55.